The summed E-state index contributed by atoms with van der Waals surface area (Å²) in [7, 11) is 1.41. The molecule has 1 aromatic rings. The highest BCUT2D eigenvalue weighted by Crippen LogP contribution is 2.21. The molecular weight excluding hydrogens is 279 g/mol. The van der Waals surface area contributed by atoms with Crippen molar-refractivity contribution in [2.75, 3.05) is 33.4 Å². The van der Waals surface area contributed by atoms with Crippen LogP contribution in [0, 0.1) is 5.82 Å². The number of carbonyl (C=O) groups excluding carboxylic acids is 2. The molecule has 0 saturated carbocycles. The van der Waals surface area contributed by atoms with E-state index in [0.29, 0.717) is 18.9 Å². The van der Waals surface area contributed by atoms with Crippen LogP contribution in [0.15, 0.2) is 18.2 Å². The number of methoxy groups -OCH3 is 1. The van der Waals surface area contributed by atoms with Gasteiger partial charge in [-0.15, -0.1) is 0 Å². The molecular formula is C14H17FN2O4. The van der Waals surface area contributed by atoms with Gasteiger partial charge in [0, 0.05) is 6.54 Å². The van der Waals surface area contributed by atoms with Gasteiger partial charge in [0.05, 0.1) is 32.4 Å². The van der Waals surface area contributed by atoms with Crippen LogP contribution in [0.1, 0.15) is 10.4 Å². The number of Topliss-reactive ketones (excluding diaryl/α,β-unsaturated/α-hetero) is 1. The molecule has 1 aliphatic rings. The number of nitrogens with zero attached hydrogens (tertiary/aromatic N) is 1. The van der Waals surface area contributed by atoms with Gasteiger partial charge in [-0.25, -0.2) is 4.39 Å². The Bertz CT molecular complexity index is 550. The minimum absolute atomic E-state index is 0.0449. The fourth-order valence-corrected chi connectivity index (χ4v) is 2.26. The first-order chi connectivity index (χ1) is 10.0. The van der Waals surface area contributed by atoms with E-state index in [2.05, 4.69) is 0 Å². The van der Waals surface area contributed by atoms with Gasteiger partial charge in [0.25, 0.3) is 0 Å². The third-order valence-electron chi connectivity index (χ3n) is 3.38. The van der Waals surface area contributed by atoms with Crippen molar-refractivity contribution in [1.29, 1.82) is 0 Å². The SMILES string of the molecule is COc1ccc(F)cc1C(=O)CN1CCOCC1C(N)=O. The van der Waals surface area contributed by atoms with Crippen LogP contribution in [0.5, 0.6) is 5.75 Å². The number of halogens is 1. The maximum absolute atomic E-state index is 13.3. The van der Waals surface area contributed by atoms with E-state index in [1.54, 1.807) is 4.90 Å². The highest BCUT2D eigenvalue weighted by molar-refractivity contribution is 6.00. The van der Waals surface area contributed by atoms with Crippen molar-refractivity contribution in [2.24, 2.45) is 5.73 Å². The average molecular weight is 296 g/mol. The summed E-state index contributed by atoms with van der Waals surface area (Å²) in [5.41, 5.74) is 5.44. The van der Waals surface area contributed by atoms with Crippen molar-refractivity contribution in [2.45, 2.75) is 6.04 Å². The number of hydrogen-bond acceptors (Lipinski definition) is 5. The molecule has 0 bridgehead atoms. The van der Waals surface area contributed by atoms with Crippen LogP contribution < -0.4 is 10.5 Å². The Morgan fingerprint density at radius 2 is 2.29 bits per heavy atom. The smallest absolute Gasteiger partial charge is 0.237 e. The second-order valence-electron chi connectivity index (χ2n) is 4.73. The van der Waals surface area contributed by atoms with Crippen molar-refractivity contribution >= 4 is 11.7 Å². The van der Waals surface area contributed by atoms with E-state index < -0.39 is 17.8 Å². The zero-order valence-electron chi connectivity index (χ0n) is 11.7. The molecule has 1 heterocycles. The van der Waals surface area contributed by atoms with Gasteiger partial charge in [0.1, 0.15) is 17.6 Å². The zero-order valence-corrected chi connectivity index (χ0v) is 11.7. The second-order valence-corrected chi connectivity index (χ2v) is 4.73. The molecule has 1 atom stereocenters. The highest BCUT2D eigenvalue weighted by atomic mass is 19.1. The quantitative estimate of drug-likeness (QED) is 0.785. The number of amides is 1. The van der Waals surface area contributed by atoms with Gasteiger partial charge in [-0.2, -0.15) is 0 Å². The van der Waals surface area contributed by atoms with Gasteiger partial charge < -0.3 is 15.2 Å². The van der Waals surface area contributed by atoms with Gasteiger partial charge in [0.15, 0.2) is 5.78 Å². The molecule has 114 valence electrons. The lowest BCUT2D eigenvalue weighted by Crippen LogP contribution is -2.53. The Morgan fingerprint density at radius 1 is 1.52 bits per heavy atom. The standard InChI is InChI=1S/C14H17FN2O4/c1-20-13-3-2-9(15)6-10(13)12(18)7-17-4-5-21-8-11(17)14(16)19/h2-3,6,11H,4-5,7-8H2,1H3,(H2,16,19). The zero-order chi connectivity index (χ0) is 15.4. The summed E-state index contributed by atoms with van der Waals surface area (Å²) in [6, 6.07) is 3.09. The van der Waals surface area contributed by atoms with Crippen molar-refractivity contribution in [3.05, 3.63) is 29.6 Å². The molecule has 0 aliphatic carbocycles. The number of morpholine rings is 1. The lowest BCUT2D eigenvalue weighted by molar-refractivity contribution is -0.128. The van der Waals surface area contributed by atoms with E-state index in [-0.39, 0.29) is 24.5 Å². The minimum atomic E-state index is -0.651. The number of benzene rings is 1. The van der Waals surface area contributed by atoms with E-state index in [9.17, 15) is 14.0 Å². The van der Waals surface area contributed by atoms with E-state index in [1.807, 2.05) is 0 Å². The molecule has 1 fully saturated rings. The Morgan fingerprint density at radius 3 is 2.95 bits per heavy atom. The fraction of sp³-hybridized carbons (Fsp3) is 0.429. The number of nitrogens with two attached hydrogens (primary N) is 1. The molecule has 6 nitrogen and oxygen atoms in total. The molecule has 21 heavy (non-hydrogen) atoms. The normalized spacial score (nSPS) is 19.2. The van der Waals surface area contributed by atoms with Crippen LogP contribution in [0.25, 0.3) is 0 Å². The van der Waals surface area contributed by atoms with E-state index in [0.717, 1.165) is 6.07 Å². The van der Waals surface area contributed by atoms with Crippen LogP contribution in [0.3, 0.4) is 0 Å². The molecule has 1 saturated heterocycles. The Kier molecular flexibility index (Phi) is 4.87. The van der Waals surface area contributed by atoms with Gasteiger partial charge in [0.2, 0.25) is 5.91 Å². The monoisotopic (exact) mass is 296 g/mol. The topological polar surface area (TPSA) is 81.9 Å². The molecule has 0 radical (unpaired) electrons. The van der Waals surface area contributed by atoms with Gasteiger partial charge in [-0.3, -0.25) is 14.5 Å². The summed E-state index contributed by atoms with van der Waals surface area (Å²) in [4.78, 5) is 25.3. The average Bonchev–Trinajstić information content (AvgIpc) is 2.47. The first kappa shape index (κ1) is 15.4. The lowest BCUT2D eigenvalue weighted by Gasteiger charge is -2.32. The number of ketones is 1. The highest BCUT2D eigenvalue weighted by Gasteiger charge is 2.30. The molecule has 0 spiro atoms. The summed E-state index contributed by atoms with van der Waals surface area (Å²) in [5.74, 6) is -1.11. The summed E-state index contributed by atoms with van der Waals surface area (Å²) in [6.07, 6.45) is 0. The molecule has 1 aliphatic heterocycles. The fourth-order valence-electron chi connectivity index (χ4n) is 2.26. The van der Waals surface area contributed by atoms with Crippen LogP contribution >= 0.6 is 0 Å². The Labute approximate surface area is 121 Å². The van der Waals surface area contributed by atoms with Gasteiger partial charge in [-0.05, 0) is 18.2 Å². The number of rotatable bonds is 5. The van der Waals surface area contributed by atoms with E-state index >= 15 is 0 Å². The molecule has 7 heteroatoms. The number of carbonyl (C=O) groups is 2. The van der Waals surface area contributed by atoms with Gasteiger partial charge in [-0.1, -0.05) is 0 Å². The summed E-state index contributed by atoms with van der Waals surface area (Å²) < 4.78 is 23.6. The summed E-state index contributed by atoms with van der Waals surface area (Å²) in [6.45, 7) is 0.938. The lowest BCUT2D eigenvalue weighted by atomic mass is 10.1. The van der Waals surface area contributed by atoms with Crippen molar-refractivity contribution < 1.29 is 23.5 Å². The van der Waals surface area contributed by atoms with Crippen LogP contribution in [-0.2, 0) is 9.53 Å². The van der Waals surface area contributed by atoms with Gasteiger partial charge >= 0.3 is 0 Å². The molecule has 2 N–H and O–H groups in total. The summed E-state index contributed by atoms with van der Waals surface area (Å²) >= 11 is 0. The van der Waals surface area contributed by atoms with E-state index in [1.165, 1.54) is 19.2 Å². The number of primary amides is 1. The van der Waals surface area contributed by atoms with Crippen LogP contribution in [-0.4, -0.2) is 56.0 Å². The third kappa shape index (κ3) is 3.56. The summed E-state index contributed by atoms with van der Waals surface area (Å²) in [5, 5.41) is 0. The van der Waals surface area contributed by atoms with Crippen molar-refractivity contribution in [3.8, 4) is 5.75 Å². The van der Waals surface area contributed by atoms with Crippen LogP contribution in [0.2, 0.25) is 0 Å². The maximum atomic E-state index is 13.3. The predicted octanol–water partition coefficient (Wildman–Crippen LogP) is 0.203. The van der Waals surface area contributed by atoms with Crippen LogP contribution in [0.4, 0.5) is 4.39 Å². The molecule has 1 unspecified atom stereocenters. The molecule has 1 amide bonds. The number of ether oxygens (including phenoxy) is 2. The largest absolute Gasteiger partial charge is 0.496 e. The van der Waals surface area contributed by atoms with E-state index in [4.69, 9.17) is 15.2 Å². The Balaban J connectivity index is 2.17. The van der Waals surface area contributed by atoms with Crippen molar-refractivity contribution in [1.82, 2.24) is 4.90 Å². The first-order valence-corrected chi connectivity index (χ1v) is 6.50. The third-order valence-corrected chi connectivity index (χ3v) is 3.38. The molecule has 2 rings (SSSR count). The molecule has 0 aromatic heterocycles. The first-order valence-electron chi connectivity index (χ1n) is 6.50. The minimum Gasteiger partial charge on any atom is -0.496 e. The Hall–Kier alpha value is -1.99. The maximum Gasteiger partial charge on any atom is 0.237 e. The van der Waals surface area contributed by atoms with Crippen molar-refractivity contribution in [3.63, 3.8) is 0 Å². The predicted molar refractivity (Wildman–Crippen MR) is 72.7 cm³/mol. The molecule has 1 aromatic carbocycles. The second kappa shape index (κ2) is 6.64. The number of hydrogen-bond donors (Lipinski definition) is 1.